The number of nitrogens with two attached hydrogens (primary N) is 1. The van der Waals surface area contributed by atoms with Crippen molar-refractivity contribution in [3.05, 3.63) is 45.3 Å². The summed E-state index contributed by atoms with van der Waals surface area (Å²) in [5.41, 5.74) is 7.11. The number of nitrogens with zero attached hydrogens (tertiary/aromatic N) is 1. The van der Waals surface area contributed by atoms with E-state index in [1.165, 1.54) is 12.3 Å². The van der Waals surface area contributed by atoms with E-state index in [1.807, 2.05) is 5.43 Å². The maximum atomic E-state index is 12.0. The third-order valence-corrected chi connectivity index (χ3v) is 2.37. The zero-order valence-electron chi connectivity index (χ0n) is 9.01. The molecule has 2 aromatic rings. The lowest BCUT2D eigenvalue weighted by Crippen LogP contribution is -2.24. The highest BCUT2D eigenvalue weighted by Gasteiger charge is 2.05. The Balaban J connectivity index is 2.47. The second-order valence-electron chi connectivity index (χ2n) is 3.39. The fourth-order valence-electron chi connectivity index (χ4n) is 1.37. The highest BCUT2D eigenvalue weighted by molar-refractivity contribution is 6.31. The number of carbonyl (C=O) groups excluding carboxylic acids is 1. The van der Waals surface area contributed by atoms with Gasteiger partial charge in [-0.25, -0.2) is 10.2 Å². The van der Waals surface area contributed by atoms with Crippen molar-refractivity contribution in [3.63, 3.8) is 0 Å². The quantitative estimate of drug-likeness (QED) is 0.635. The van der Waals surface area contributed by atoms with Crippen LogP contribution in [0, 0.1) is 0 Å². The second kappa shape index (κ2) is 4.89. The summed E-state index contributed by atoms with van der Waals surface area (Å²) in [6.07, 6.45) is 2.39. The Bertz CT molecular complexity index is 693. The van der Waals surface area contributed by atoms with Gasteiger partial charge in [0.15, 0.2) is 0 Å². The standard InChI is InChI=1S/C11H8ClN3O3/c12-7-1-2-9-8(3-7)10(16)6(5-18-9)4-14-15-11(13)17/h1-5H,(H3,13,15,17)/b14-4+. The number of halogens is 1. The number of primary amides is 1. The number of fused-ring (bicyclic) bond motifs is 1. The molecule has 0 fully saturated rings. The molecule has 0 radical (unpaired) electrons. The molecule has 0 aliphatic carbocycles. The molecule has 92 valence electrons. The van der Waals surface area contributed by atoms with Gasteiger partial charge < -0.3 is 10.2 Å². The summed E-state index contributed by atoms with van der Waals surface area (Å²) in [5, 5.41) is 4.26. The minimum Gasteiger partial charge on any atom is -0.463 e. The van der Waals surface area contributed by atoms with Gasteiger partial charge in [0.05, 0.1) is 17.2 Å². The van der Waals surface area contributed by atoms with Crippen LogP contribution in [-0.2, 0) is 0 Å². The van der Waals surface area contributed by atoms with Crippen LogP contribution in [0.3, 0.4) is 0 Å². The lowest BCUT2D eigenvalue weighted by molar-refractivity contribution is 0.249. The predicted octanol–water partition coefficient (Wildman–Crippen LogP) is 1.45. The molecule has 18 heavy (non-hydrogen) atoms. The van der Waals surface area contributed by atoms with Crippen molar-refractivity contribution in [1.82, 2.24) is 5.43 Å². The van der Waals surface area contributed by atoms with E-state index in [9.17, 15) is 9.59 Å². The smallest absolute Gasteiger partial charge is 0.332 e. The molecule has 0 saturated heterocycles. The molecule has 0 aliphatic heterocycles. The number of benzene rings is 1. The molecule has 6 nitrogen and oxygen atoms in total. The van der Waals surface area contributed by atoms with Crippen LogP contribution in [0.25, 0.3) is 11.0 Å². The van der Waals surface area contributed by atoms with E-state index in [1.54, 1.807) is 12.1 Å². The van der Waals surface area contributed by atoms with Gasteiger partial charge in [-0.15, -0.1) is 0 Å². The van der Waals surface area contributed by atoms with Gasteiger partial charge >= 0.3 is 6.03 Å². The number of urea groups is 1. The topological polar surface area (TPSA) is 97.7 Å². The van der Waals surface area contributed by atoms with Gasteiger partial charge in [0.2, 0.25) is 5.43 Å². The Hall–Kier alpha value is -2.34. The van der Waals surface area contributed by atoms with E-state index in [0.29, 0.717) is 16.0 Å². The lowest BCUT2D eigenvalue weighted by atomic mass is 10.2. The first-order valence-corrected chi connectivity index (χ1v) is 5.25. The minimum absolute atomic E-state index is 0.179. The molecular weight excluding hydrogens is 258 g/mol. The summed E-state index contributed by atoms with van der Waals surface area (Å²) < 4.78 is 5.24. The third-order valence-electron chi connectivity index (χ3n) is 2.14. The second-order valence-corrected chi connectivity index (χ2v) is 3.83. The number of amides is 2. The highest BCUT2D eigenvalue weighted by atomic mass is 35.5. The summed E-state index contributed by atoms with van der Waals surface area (Å²) in [7, 11) is 0. The monoisotopic (exact) mass is 265 g/mol. The minimum atomic E-state index is -0.820. The summed E-state index contributed by atoms with van der Waals surface area (Å²) in [4.78, 5) is 22.4. The fraction of sp³-hybridized carbons (Fsp3) is 0. The van der Waals surface area contributed by atoms with Crippen molar-refractivity contribution in [3.8, 4) is 0 Å². The molecule has 0 saturated carbocycles. The molecule has 0 atom stereocenters. The van der Waals surface area contributed by atoms with E-state index in [4.69, 9.17) is 21.8 Å². The molecule has 1 aromatic heterocycles. The zero-order valence-corrected chi connectivity index (χ0v) is 9.77. The number of rotatable bonds is 2. The van der Waals surface area contributed by atoms with Crippen molar-refractivity contribution in [1.29, 1.82) is 0 Å². The summed E-state index contributed by atoms with van der Waals surface area (Å²) >= 11 is 5.80. The van der Waals surface area contributed by atoms with Crippen LogP contribution in [-0.4, -0.2) is 12.2 Å². The normalized spacial score (nSPS) is 10.9. The SMILES string of the molecule is NC(=O)N/N=C/c1coc2ccc(Cl)cc2c1=O. The van der Waals surface area contributed by atoms with E-state index >= 15 is 0 Å². The van der Waals surface area contributed by atoms with Gasteiger partial charge in [-0.3, -0.25) is 4.79 Å². The summed E-state index contributed by atoms with van der Waals surface area (Å²) in [6, 6.07) is 3.90. The van der Waals surface area contributed by atoms with Gasteiger partial charge in [0.1, 0.15) is 11.8 Å². The molecule has 0 unspecified atom stereocenters. The summed E-state index contributed by atoms with van der Waals surface area (Å²) in [5.74, 6) is 0. The van der Waals surface area contributed by atoms with Gasteiger partial charge in [0.25, 0.3) is 0 Å². The molecule has 1 heterocycles. The predicted molar refractivity (Wildman–Crippen MR) is 67.8 cm³/mol. The zero-order chi connectivity index (χ0) is 13.1. The Morgan fingerprint density at radius 1 is 1.50 bits per heavy atom. The van der Waals surface area contributed by atoms with E-state index < -0.39 is 6.03 Å². The molecule has 3 N–H and O–H groups in total. The average molecular weight is 266 g/mol. The first-order chi connectivity index (χ1) is 8.58. The molecule has 0 aliphatic rings. The number of hydrazone groups is 1. The molecule has 2 rings (SSSR count). The van der Waals surface area contributed by atoms with Crippen molar-refractivity contribution >= 4 is 34.8 Å². The van der Waals surface area contributed by atoms with Crippen LogP contribution in [0.1, 0.15) is 5.56 Å². The van der Waals surface area contributed by atoms with Crippen molar-refractivity contribution < 1.29 is 9.21 Å². The van der Waals surface area contributed by atoms with Crippen LogP contribution < -0.4 is 16.6 Å². The van der Waals surface area contributed by atoms with Gasteiger partial charge in [-0.05, 0) is 18.2 Å². The average Bonchev–Trinajstić information content (AvgIpc) is 2.32. The lowest BCUT2D eigenvalue weighted by Gasteiger charge is -1.98. The maximum Gasteiger partial charge on any atom is 0.332 e. The van der Waals surface area contributed by atoms with Crippen molar-refractivity contribution in [2.75, 3.05) is 0 Å². The van der Waals surface area contributed by atoms with Crippen LogP contribution in [0.4, 0.5) is 4.79 Å². The van der Waals surface area contributed by atoms with Gasteiger partial charge in [-0.2, -0.15) is 5.10 Å². The number of carbonyl (C=O) groups is 1. The Morgan fingerprint density at radius 3 is 3.00 bits per heavy atom. The number of hydrogen-bond donors (Lipinski definition) is 2. The van der Waals surface area contributed by atoms with Gasteiger partial charge in [0, 0.05) is 5.02 Å². The van der Waals surface area contributed by atoms with Crippen LogP contribution in [0.2, 0.25) is 5.02 Å². The molecule has 7 heteroatoms. The Kier molecular flexibility index (Phi) is 3.29. The first kappa shape index (κ1) is 12.1. The Morgan fingerprint density at radius 2 is 2.28 bits per heavy atom. The van der Waals surface area contributed by atoms with Crippen LogP contribution in [0.15, 0.2) is 38.8 Å². The van der Waals surface area contributed by atoms with Crippen LogP contribution >= 0.6 is 11.6 Å². The summed E-state index contributed by atoms with van der Waals surface area (Å²) in [6.45, 7) is 0. The first-order valence-electron chi connectivity index (χ1n) is 4.87. The van der Waals surface area contributed by atoms with E-state index in [-0.39, 0.29) is 11.0 Å². The highest BCUT2D eigenvalue weighted by Crippen LogP contribution is 2.16. The largest absolute Gasteiger partial charge is 0.463 e. The third kappa shape index (κ3) is 2.49. The van der Waals surface area contributed by atoms with E-state index in [2.05, 4.69) is 5.10 Å². The molecular formula is C11H8ClN3O3. The van der Waals surface area contributed by atoms with Gasteiger partial charge in [-0.1, -0.05) is 11.6 Å². The molecule has 0 bridgehead atoms. The van der Waals surface area contributed by atoms with E-state index in [0.717, 1.165) is 6.21 Å². The molecule has 2 amide bonds. The molecule has 1 aromatic carbocycles. The Labute approximate surface area is 106 Å². The van der Waals surface area contributed by atoms with Crippen LogP contribution in [0.5, 0.6) is 0 Å². The maximum absolute atomic E-state index is 12.0. The number of hydrogen-bond acceptors (Lipinski definition) is 4. The molecule has 0 spiro atoms. The van der Waals surface area contributed by atoms with Crippen molar-refractivity contribution in [2.24, 2.45) is 10.8 Å². The van der Waals surface area contributed by atoms with Crippen molar-refractivity contribution in [2.45, 2.75) is 0 Å². The number of nitrogens with one attached hydrogen (secondary N) is 1. The fourth-order valence-corrected chi connectivity index (χ4v) is 1.55.